The molecule has 0 radical (unpaired) electrons. The van der Waals surface area contributed by atoms with Gasteiger partial charge in [0, 0.05) is 13.1 Å². The topological polar surface area (TPSA) is 50.5 Å². The van der Waals surface area contributed by atoms with Gasteiger partial charge in [-0.2, -0.15) is 5.10 Å². The van der Waals surface area contributed by atoms with E-state index in [1.165, 1.54) is 17.8 Å². The highest BCUT2D eigenvalue weighted by atomic mass is 32.1. The number of fused-ring (bicyclic) bond motifs is 1. The van der Waals surface area contributed by atoms with E-state index in [0.29, 0.717) is 5.69 Å². The number of hydrogen-bond donors (Lipinski definition) is 0. The minimum atomic E-state index is 0.0417. The molecule has 0 atom stereocenters. The van der Waals surface area contributed by atoms with Crippen LogP contribution in [0.3, 0.4) is 0 Å². The van der Waals surface area contributed by atoms with E-state index in [9.17, 15) is 4.79 Å². The minimum Gasteiger partial charge on any atom is -0.337 e. The predicted molar refractivity (Wildman–Crippen MR) is 65.4 cm³/mol. The van der Waals surface area contributed by atoms with E-state index in [1.807, 2.05) is 11.8 Å². The molecule has 0 N–H and O–H groups in total. The summed E-state index contributed by atoms with van der Waals surface area (Å²) in [5.74, 6) is 0.0417. The number of imidazole rings is 1. The van der Waals surface area contributed by atoms with Crippen molar-refractivity contribution in [3.8, 4) is 0 Å². The second-order valence-electron chi connectivity index (χ2n) is 4.33. The lowest BCUT2D eigenvalue weighted by Gasteiger charge is -2.25. The highest BCUT2D eigenvalue weighted by Gasteiger charge is 2.21. The number of aromatic nitrogens is 3. The summed E-state index contributed by atoms with van der Waals surface area (Å²) in [6, 6.07) is 0. The lowest BCUT2D eigenvalue weighted by Crippen LogP contribution is -2.35. The first-order valence-electron chi connectivity index (χ1n) is 5.86. The first kappa shape index (κ1) is 10.7. The molecule has 1 fully saturated rings. The van der Waals surface area contributed by atoms with Crippen LogP contribution < -0.4 is 0 Å². The lowest BCUT2D eigenvalue weighted by atomic mass is 10.1. The summed E-state index contributed by atoms with van der Waals surface area (Å²) < 4.78 is 1.69. The molecule has 90 valence electrons. The predicted octanol–water partition coefficient (Wildman–Crippen LogP) is 1.73. The fourth-order valence-electron chi connectivity index (χ4n) is 2.16. The molecule has 1 saturated heterocycles. The van der Waals surface area contributed by atoms with E-state index >= 15 is 0 Å². The molecule has 0 aromatic carbocycles. The Bertz CT molecular complexity index is 521. The van der Waals surface area contributed by atoms with Gasteiger partial charge in [-0.1, -0.05) is 11.3 Å². The molecule has 3 heterocycles. The zero-order valence-electron chi connectivity index (χ0n) is 9.72. The number of piperidine rings is 1. The van der Waals surface area contributed by atoms with Crippen LogP contribution >= 0.6 is 11.3 Å². The average molecular weight is 250 g/mol. The van der Waals surface area contributed by atoms with Crippen molar-refractivity contribution in [2.45, 2.75) is 26.2 Å². The van der Waals surface area contributed by atoms with E-state index in [2.05, 4.69) is 10.1 Å². The Balaban J connectivity index is 1.86. The van der Waals surface area contributed by atoms with E-state index in [4.69, 9.17) is 0 Å². The number of likely N-dealkylation sites (tertiary alicyclic amines) is 1. The van der Waals surface area contributed by atoms with Gasteiger partial charge in [-0.25, -0.2) is 9.50 Å². The number of rotatable bonds is 1. The maximum Gasteiger partial charge on any atom is 0.274 e. The Hall–Kier alpha value is -1.43. The standard InChI is InChI=1S/C11H14N4OS/c1-8-13-15-7-9(12-11(15)17-8)10(16)14-5-3-2-4-6-14/h7H,2-6H2,1H3. The van der Waals surface area contributed by atoms with Crippen LogP contribution in [0.4, 0.5) is 0 Å². The molecule has 0 spiro atoms. The van der Waals surface area contributed by atoms with E-state index in [0.717, 1.165) is 35.9 Å². The van der Waals surface area contributed by atoms with Crippen LogP contribution in [0.15, 0.2) is 6.20 Å². The Kier molecular flexibility index (Phi) is 2.58. The molecule has 0 unspecified atom stereocenters. The summed E-state index contributed by atoms with van der Waals surface area (Å²) in [7, 11) is 0. The van der Waals surface area contributed by atoms with Crippen LogP contribution in [-0.4, -0.2) is 38.5 Å². The molecule has 2 aromatic heterocycles. The molecule has 1 amide bonds. The second-order valence-corrected chi connectivity index (χ2v) is 5.49. The molecule has 1 aliphatic heterocycles. The van der Waals surface area contributed by atoms with Crippen LogP contribution in [0, 0.1) is 6.92 Å². The number of carbonyl (C=O) groups excluding carboxylic acids is 1. The Morgan fingerprint density at radius 3 is 2.82 bits per heavy atom. The number of amides is 1. The molecular formula is C11H14N4OS. The normalized spacial score (nSPS) is 16.6. The van der Waals surface area contributed by atoms with Gasteiger partial charge in [0.2, 0.25) is 4.96 Å². The Morgan fingerprint density at radius 1 is 1.35 bits per heavy atom. The van der Waals surface area contributed by atoms with Crippen LogP contribution in [0.1, 0.15) is 34.8 Å². The molecule has 1 aliphatic rings. The molecule has 0 saturated carbocycles. The minimum absolute atomic E-state index is 0.0417. The third-order valence-corrected chi connectivity index (χ3v) is 3.84. The van der Waals surface area contributed by atoms with Gasteiger partial charge in [-0.05, 0) is 26.2 Å². The van der Waals surface area contributed by atoms with E-state index in [1.54, 1.807) is 10.7 Å². The summed E-state index contributed by atoms with van der Waals surface area (Å²) in [4.78, 5) is 19.2. The highest BCUT2D eigenvalue weighted by Crippen LogP contribution is 2.16. The van der Waals surface area contributed by atoms with Gasteiger partial charge in [-0.15, -0.1) is 0 Å². The monoisotopic (exact) mass is 250 g/mol. The number of carbonyl (C=O) groups is 1. The summed E-state index contributed by atoms with van der Waals surface area (Å²) in [6.07, 6.45) is 5.16. The molecule has 2 aromatic rings. The molecule has 0 aliphatic carbocycles. The summed E-state index contributed by atoms with van der Waals surface area (Å²) >= 11 is 1.51. The summed E-state index contributed by atoms with van der Waals surface area (Å²) in [5.41, 5.74) is 0.519. The molecule has 5 nitrogen and oxygen atoms in total. The third-order valence-electron chi connectivity index (χ3n) is 3.01. The van der Waals surface area contributed by atoms with Crippen molar-refractivity contribution in [3.63, 3.8) is 0 Å². The van der Waals surface area contributed by atoms with Gasteiger partial charge in [0.1, 0.15) is 10.7 Å². The number of nitrogens with zero attached hydrogens (tertiary/aromatic N) is 4. The lowest BCUT2D eigenvalue weighted by molar-refractivity contribution is 0.0719. The zero-order chi connectivity index (χ0) is 11.8. The van der Waals surface area contributed by atoms with Crippen molar-refractivity contribution in [2.75, 3.05) is 13.1 Å². The van der Waals surface area contributed by atoms with Crippen LogP contribution in [0.25, 0.3) is 4.96 Å². The molecule has 0 bridgehead atoms. The second kappa shape index (κ2) is 4.10. The van der Waals surface area contributed by atoms with Crippen molar-refractivity contribution in [1.29, 1.82) is 0 Å². The Morgan fingerprint density at radius 2 is 2.12 bits per heavy atom. The van der Waals surface area contributed by atoms with Crippen LogP contribution in [0.5, 0.6) is 0 Å². The van der Waals surface area contributed by atoms with Gasteiger partial charge in [0.05, 0.1) is 6.20 Å². The van der Waals surface area contributed by atoms with Gasteiger partial charge >= 0.3 is 0 Å². The molecular weight excluding hydrogens is 236 g/mol. The van der Waals surface area contributed by atoms with Gasteiger partial charge in [-0.3, -0.25) is 4.79 Å². The van der Waals surface area contributed by atoms with Gasteiger partial charge in [0.25, 0.3) is 5.91 Å². The van der Waals surface area contributed by atoms with Crippen molar-refractivity contribution >= 4 is 22.2 Å². The summed E-state index contributed by atoms with van der Waals surface area (Å²) in [5, 5.41) is 5.23. The largest absolute Gasteiger partial charge is 0.337 e. The smallest absolute Gasteiger partial charge is 0.274 e. The van der Waals surface area contributed by atoms with E-state index < -0.39 is 0 Å². The fourth-order valence-corrected chi connectivity index (χ4v) is 2.89. The van der Waals surface area contributed by atoms with Crippen LogP contribution in [0.2, 0.25) is 0 Å². The number of hydrogen-bond acceptors (Lipinski definition) is 4. The van der Waals surface area contributed by atoms with E-state index in [-0.39, 0.29) is 5.91 Å². The molecule has 6 heteroatoms. The SMILES string of the molecule is Cc1nn2cc(C(=O)N3CCCCC3)nc2s1. The quantitative estimate of drug-likeness (QED) is 0.774. The third kappa shape index (κ3) is 1.93. The average Bonchev–Trinajstić information content (AvgIpc) is 2.86. The first-order chi connectivity index (χ1) is 8.24. The van der Waals surface area contributed by atoms with Crippen molar-refractivity contribution in [1.82, 2.24) is 19.5 Å². The highest BCUT2D eigenvalue weighted by molar-refractivity contribution is 7.16. The summed E-state index contributed by atoms with van der Waals surface area (Å²) in [6.45, 7) is 3.65. The van der Waals surface area contributed by atoms with Crippen molar-refractivity contribution < 1.29 is 4.79 Å². The Labute approximate surface area is 103 Å². The maximum absolute atomic E-state index is 12.2. The first-order valence-corrected chi connectivity index (χ1v) is 6.68. The van der Waals surface area contributed by atoms with Crippen LogP contribution in [-0.2, 0) is 0 Å². The fraction of sp³-hybridized carbons (Fsp3) is 0.545. The van der Waals surface area contributed by atoms with Gasteiger partial charge in [0.15, 0.2) is 0 Å². The molecule has 3 rings (SSSR count). The zero-order valence-corrected chi connectivity index (χ0v) is 10.5. The van der Waals surface area contributed by atoms with Gasteiger partial charge < -0.3 is 4.90 Å². The van der Waals surface area contributed by atoms with Crippen molar-refractivity contribution in [2.24, 2.45) is 0 Å². The van der Waals surface area contributed by atoms with Crippen molar-refractivity contribution in [3.05, 3.63) is 16.9 Å². The number of aryl methyl sites for hydroxylation is 1. The molecule has 17 heavy (non-hydrogen) atoms. The maximum atomic E-state index is 12.2.